The van der Waals surface area contributed by atoms with E-state index in [1.165, 1.54) is 0 Å². The van der Waals surface area contributed by atoms with Crippen molar-refractivity contribution in [3.05, 3.63) is 42.0 Å². The zero-order valence-corrected chi connectivity index (χ0v) is 12.3. The Balaban J connectivity index is 1.55. The third-order valence-corrected chi connectivity index (χ3v) is 4.03. The van der Waals surface area contributed by atoms with Crippen molar-refractivity contribution in [2.45, 2.75) is 12.5 Å². The van der Waals surface area contributed by atoms with E-state index in [4.69, 9.17) is 14.2 Å². The van der Waals surface area contributed by atoms with Gasteiger partial charge in [0.25, 0.3) is 0 Å². The van der Waals surface area contributed by atoms with Crippen molar-refractivity contribution in [1.29, 1.82) is 0 Å². The molecule has 0 saturated carbocycles. The Kier molecular flexibility index (Phi) is 2.99. The minimum absolute atomic E-state index is 0.0275. The van der Waals surface area contributed by atoms with Crippen LogP contribution in [0.15, 0.2) is 36.4 Å². The van der Waals surface area contributed by atoms with Crippen LogP contribution in [0.5, 0.6) is 23.0 Å². The van der Waals surface area contributed by atoms with Gasteiger partial charge in [0.2, 0.25) is 6.79 Å². The molecule has 0 aromatic heterocycles. The predicted octanol–water partition coefficient (Wildman–Crippen LogP) is 2.56. The SMILES string of the molecule is CN1CC(Cc2ccc3c(c2)OCO3)Oc2cc(O)ccc21. The van der Waals surface area contributed by atoms with Crippen LogP contribution in [-0.2, 0) is 6.42 Å². The molecule has 1 N–H and O–H groups in total. The Hall–Kier alpha value is -2.56. The van der Waals surface area contributed by atoms with Crippen LogP contribution >= 0.6 is 0 Å². The van der Waals surface area contributed by atoms with Gasteiger partial charge in [0.15, 0.2) is 11.5 Å². The number of likely N-dealkylation sites (N-methyl/N-ethyl adjacent to an activating group) is 1. The summed E-state index contributed by atoms with van der Waals surface area (Å²) in [7, 11) is 2.03. The van der Waals surface area contributed by atoms with E-state index in [1.807, 2.05) is 31.3 Å². The van der Waals surface area contributed by atoms with Gasteiger partial charge in [-0.1, -0.05) is 6.07 Å². The molecule has 5 nitrogen and oxygen atoms in total. The van der Waals surface area contributed by atoms with Gasteiger partial charge in [-0.2, -0.15) is 0 Å². The highest BCUT2D eigenvalue weighted by Crippen LogP contribution is 2.37. The molecule has 2 heterocycles. The molecule has 1 atom stereocenters. The molecule has 4 rings (SSSR count). The molecular weight excluding hydrogens is 282 g/mol. The summed E-state index contributed by atoms with van der Waals surface area (Å²) in [5.74, 6) is 2.52. The van der Waals surface area contributed by atoms with E-state index in [9.17, 15) is 5.11 Å². The molecule has 1 unspecified atom stereocenters. The molecule has 0 spiro atoms. The molecule has 0 radical (unpaired) electrons. The topological polar surface area (TPSA) is 51.2 Å². The Morgan fingerprint density at radius 1 is 1.09 bits per heavy atom. The number of hydrogen-bond donors (Lipinski definition) is 1. The highest BCUT2D eigenvalue weighted by molar-refractivity contribution is 5.62. The number of fused-ring (bicyclic) bond motifs is 2. The van der Waals surface area contributed by atoms with Crippen LogP contribution in [0.25, 0.3) is 0 Å². The molecule has 2 aromatic carbocycles. The minimum atomic E-state index is 0.0275. The maximum Gasteiger partial charge on any atom is 0.231 e. The fraction of sp³-hybridized carbons (Fsp3) is 0.294. The minimum Gasteiger partial charge on any atom is -0.508 e. The van der Waals surface area contributed by atoms with Gasteiger partial charge in [-0.05, 0) is 29.8 Å². The quantitative estimate of drug-likeness (QED) is 0.923. The van der Waals surface area contributed by atoms with Gasteiger partial charge in [-0.3, -0.25) is 0 Å². The summed E-state index contributed by atoms with van der Waals surface area (Å²) in [6, 6.07) is 11.2. The molecule has 0 saturated heterocycles. The lowest BCUT2D eigenvalue weighted by molar-refractivity contribution is 0.174. The Labute approximate surface area is 128 Å². The number of phenols is 1. The molecule has 5 heteroatoms. The molecule has 22 heavy (non-hydrogen) atoms. The lowest BCUT2D eigenvalue weighted by Crippen LogP contribution is -2.38. The summed E-state index contributed by atoms with van der Waals surface area (Å²) in [6.07, 6.45) is 0.801. The van der Waals surface area contributed by atoms with Crippen LogP contribution < -0.4 is 19.1 Å². The first-order valence-corrected chi connectivity index (χ1v) is 7.28. The van der Waals surface area contributed by atoms with Crippen molar-refractivity contribution in [1.82, 2.24) is 0 Å². The number of ether oxygens (including phenoxy) is 3. The molecule has 0 fully saturated rings. The number of rotatable bonds is 2. The Morgan fingerprint density at radius 2 is 1.95 bits per heavy atom. The van der Waals surface area contributed by atoms with Gasteiger partial charge in [-0.15, -0.1) is 0 Å². The first-order valence-electron chi connectivity index (χ1n) is 7.28. The maximum atomic E-state index is 9.63. The first kappa shape index (κ1) is 13.1. The zero-order chi connectivity index (χ0) is 15.1. The van der Waals surface area contributed by atoms with Crippen molar-refractivity contribution in [3.63, 3.8) is 0 Å². The van der Waals surface area contributed by atoms with Gasteiger partial charge in [0.1, 0.15) is 17.6 Å². The van der Waals surface area contributed by atoms with Gasteiger partial charge in [-0.25, -0.2) is 0 Å². The Bertz CT molecular complexity index is 716. The smallest absolute Gasteiger partial charge is 0.231 e. The van der Waals surface area contributed by atoms with Crippen molar-refractivity contribution in [2.75, 3.05) is 25.3 Å². The maximum absolute atomic E-state index is 9.63. The van der Waals surface area contributed by atoms with Crippen molar-refractivity contribution in [2.24, 2.45) is 0 Å². The summed E-state index contributed by atoms with van der Waals surface area (Å²) < 4.78 is 16.8. The fourth-order valence-corrected chi connectivity index (χ4v) is 2.97. The normalized spacial score (nSPS) is 18.8. The second kappa shape index (κ2) is 5.02. The first-order chi connectivity index (χ1) is 10.7. The molecule has 2 aliphatic heterocycles. The predicted molar refractivity (Wildman–Crippen MR) is 82.1 cm³/mol. The van der Waals surface area contributed by atoms with E-state index >= 15 is 0 Å². The number of phenolic OH excluding ortho intramolecular Hbond substituents is 1. The third kappa shape index (κ3) is 2.28. The van der Waals surface area contributed by atoms with E-state index < -0.39 is 0 Å². The highest BCUT2D eigenvalue weighted by atomic mass is 16.7. The third-order valence-electron chi connectivity index (χ3n) is 4.03. The van der Waals surface area contributed by atoms with Gasteiger partial charge < -0.3 is 24.2 Å². The van der Waals surface area contributed by atoms with E-state index in [0.717, 1.165) is 41.5 Å². The number of benzene rings is 2. The lowest BCUT2D eigenvalue weighted by Gasteiger charge is -2.34. The number of aromatic hydroxyl groups is 1. The van der Waals surface area contributed by atoms with Gasteiger partial charge >= 0.3 is 0 Å². The average molecular weight is 299 g/mol. The van der Waals surface area contributed by atoms with Crippen LogP contribution in [0.2, 0.25) is 0 Å². The second-order valence-corrected chi connectivity index (χ2v) is 5.66. The molecule has 2 aliphatic rings. The van der Waals surface area contributed by atoms with Gasteiger partial charge in [0, 0.05) is 19.5 Å². The van der Waals surface area contributed by atoms with Crippen LogP contribution in [0.1, 0.15) is 5.56 Å². The fourth-order valence-electron chi connectivity index (χ4n) is 2.97. The summed E-state index contributed by atoms with van der Waals surface area (Å²) in [6.45, 7) is 1.08. The zero-order valence-electron chi connectivity index (χ0n) is 12.3. The molecule has 0 aliphatic carbocycles. The molecular formula is C17H17NO4. The number of nitrogens with zero attached hydrogens (tertiary/aromatic N) is 1. The van der Waals surface area contributed by atoms with Gasteiger partial charge in [0.05, 0.1) is 12.2 Å². The summed E-state index contributed by atoms with van der Waals surface area (Å²) >= 11 is 0. The Morgan fingerprint density at radius 3 is 2.86 bits per heavy atom. The number of hydrogen-bond acceptors (Lipinski definition) is 5. The van der Waals surface area contributed by atoms with Crippen molar-refractivity contribution >= 4 is 5.69 Å². The summed E-state index contributed by atoms with van der Waals surface area (Å²) in [5, 5.41) is 9.63. The summed E-state index contributed by atoms with van der Waals surface area (Å²) in [4.78, 5) is 2.15. The van der Waals surface area contributed by atoms with Crippen molar-refractivity contribution in [3.8, 4) is 23.0 Å². The standard InChI is InChI=1S/C17H17NO4/c1-18-9-13(22-16-8-12(19)3-4-14(16)18)6-11-2-5-15-17(7-11)21-10-20-15/h2-5,7-8,13,19H,6,9-10H2,1H3. The second-order valence-electron chi connectivity index (χ2n) is 5.66. The summed E-state index contributed by atoms with van der Waals surface area (Å²) in [5.41, 5.74) is 2.14. The average Bonchev–Trinajstić information content (AvgIpc) is 2.94. The van der Waals surface area contributed by atoms with Crippen molar-refractivity contribution < 1.29 is 19.3 Å². The van der Waals surface area contributed by atoms with E-state index in [0.29, 0.717) is 0 Å². The largest absolute Gasteiger partial charge is 0.508 e. The highest BCUT2D eigenvalue weighted by Gasteiger charge is 2.24. The lowest BCUT2D eigenvalue weighted by atomic mass is 10.0. The van der Waals surface area contributed by atoms with E-state index in [1.54, 1.807) is 12.1 Å². The molecule has 2 aromatic rings. The molecule has 0 bridgehead atoms. The molecule has 114 valence electrons. The van der Waals surface area contributed by atoms with Crippen LogP contribution in [-0.4, -0.2) is 31.6 Å². The number of anilines is 1. The molecule has 0 amide bonds. The van der Waals surface area contributed by atoms with Crippen LogP contribution in [0, 0.1) is 0 Å². The van der Waals surface area contributed by atoms with Crippen LogP contribution in [0.4, 0.5) is 5.69 Å². The van der Waals surface area contributed by atoms with E-state index in [2.05, 4.69) is 4.90 Å². The van der Waals surface area contributed by atoms with Crippen LogP contribution in [0.3, 0.4) is 0 Å². The monoisotopic (exact) mass is 299 g/mol. The van der Waals surface area contributed by atoms with E-state index in [-0.39, 0.29) is 18.6 Å².